The Labute approximate surface area is 498 Å². The van der Waals surface area contributed by atoms with Gasteiger partial charge in [-0.2, -0.15) is 5.96 Å². The van der Waals surface area contributed by atoms with E-state index in [9.17, 15) is 5.11 Å². The Morgan fingerprint density at radius 3 is 1.28 bits per heavy atom. The first-order valence-electron chi connectivity index (χ1n) is 27.2. The summed E-state index contributed by atoms with van der Waals surface area (Å²) in [6.07, 6.45) is 15.9. The van der Waals surface area contributed by atoms with Gasteiger partial charge in [-0.3, -0.25) is 0 Å². The average Bonchev–Trinajstić information content (AvgIpc) is 4.15. The second kappa shape index (κ2) is 36.6. The van der Waals surface area contributed by atoms with Gasteiger partial charge in [0.1, 0.15) is 12.1 Å². The Kier molecular flexibility index (Phi) is 32.6. The molecule has 0 spiro atoms. The molecule has 4 aromatic carbocycles. The third-order valence-electron chi connectivity index (χ3n) is 13.3. The highest BCUT2D eigenvalue weighted by molar-refractivity contribution is 9.10. The van der Waals surface area contributed by atoms with Crippen LogP contribution in [0.15, 0.2) is 90.6 Å². The van der Waals surface area contributed by atoms with E-state index in [1.54, 1.807) is 32.0 Å². The van der Waals surface area contributed by atoms with Crippen molar-refractivity contribution in [2.24, 2.45) is 5.96 Å². The Balaban J connectivity index is 0.000000418. The highest BCUT2D eigenvalue weighted by atomic mass is 79.9. The van der Waals surface area contributed by atoms with Crippen LogP contribution in [-0.2, 0) is 4.43 Å². The molecule has 0 amide bonds. The molecule has 2 heterocycles. The summed E-state index contributed by atoms with van der Waals surface area (Å²) in [6.45, 7) is 41.9. The SMILES string of the molecule is CCCCCCCC.CCCCCCCC.NF.[C-]#[N+]c1ccc(N[C@@H](c2nnc(-c3ccc(Br)cc3)o2)[C@H](C)O)c(C)c1Cl.[C-]#[N+]c1ccc(N[C@@H](c2nnc(-c3ccc(Br)cc3)o2)[C@H](C)O[Si](C)(C)C(C)(C)C)c(C)c1Cl. The minimum atomic E-state index is -2.08. The van der Waals surface area contributed by atoms with Crippen LogP contribution in [0, 0.1) is 27.0 Å². The van der Waals surface area contributed by atoms with Crippen LogP contribution in [0.4, 0.5) is 27.2 Å². The predicted octanol–water partition coefficient (Wildman–Crippen LogP) is 20.7. The van der Waals surface area contributed by atoms with E-state index in [0.717, 1.165) is 31.3 Å². The van der Waals surface area contributed by atoms with Crippen LogP contribution in [0.5, 0.6) is 0 Å². The normalized spacial score (nSPS) is 12.5. The van der Waals surface area contributed by atoms with Crippen molar-refractivity contribution in [1.82, 2.24) is 20.4 Å². The fraction of sp³-hybridized carbons (Fsp3) is 0.500. The van der Waals surface area contributed by atoms with Crippen LogP contribution in [0.1, 0.15) is 174 Å². The third-order valence-corrected chi connectivity index (χ3v) is 19.9. The van der Waals surface area contributed by atoms with Crippen LogP contribution in [0.2, 0.25) is 28.2 Å². The minimum Gasteiger partial charge on any atom is -0.418 e. The van der Waals surface area contributed by atoms with Gasteiger partial charge in [-0.05, 0) is 118 Å². The molecule has 0 saturated heterocycles. The largest absolute Gasteiger partial charge is 0.418 e. The van der Waals surface area contributed by atoms with Gasteiger partial charge in [0, 0.05) is 31.4 Å². The molecule has 13 nitrogen and oxygen atoms in total. The van der Waals surface area contributed by atoms with Gasteiger partial charge in [0.05, 0.1) is 35.4 Å². The van der Waals surface area contributed by atoms with Crippen molar-refractivity contribution in [3.63, 3.8) is 0 Å². The zero-order chi connectivity index (χ0) is 59.3. The molecular formula is C60H84Br2Cl2FN9O4Si. The van der Waals surface area contributed by atoms with Crippen molar-refractivity contribution in [3.8, 4) is 22.9 Å². The van der Waals surface area contributed by atoms with Gasteiger partial charge in [0.25, 0.3) is 0 Å². The van der Waals surface area contributed by atoms with E-state index in [-0.39, 0.29) is 17.0 Å². The smallest absolute Gasteiger partial charge is 0.247 e. The Hall–Kier alpha value is -4.69. The molecule has 0 fully saturated rings. The molecule has 2 aromatic heterocycles. The summed E-state index contributed by atoms with van der Waals surface area (Å²) in [7, 11) is -2.08. The maximum absolute atomic E-state index is 10.2. The first kappa shape index (κ1) is 70.4. The van der Waals surface area contributed by atoms with Crippen LogP contribution >= 0.6 is 55.1 Å². The molecule has 5 N–H and O–H groups in total. The lowest BCUT2D eigenvalue weighted by Gasteiger charge is -2.40. The molecule has 0 unspecified atom stereocenters. The average molecular weight is 1270 g/mol. The topological polar surface area (TPSA) is 166 Å². The second-order valence-electron chi connectivity index (χ2n) is 20.7. The lowest BCUT2D eigenvalue weighted by atomic mass is 10.1. The van der Waals surface area contributed by atoms with E-state index in [2.05, 4.69) is 140 Å². The third kappa shape index (κ3) is 23.0. The van der Waals surface area contributed by atoms with Gasteiger partial charge >= 0.3 is 0 Å². The van der Waals surface area contributed by atoms with Crippen LogP contribution in [-0.4, -0.2) is 46.0 Å². The van der Waals surface area contributed by atoms with Gasteiger partial charge in [-0.1, -0.05) is 193 Å². The molecule has 0 bridgehead atoms. The van der Waals surface area contributed by atoms with Gasteiger partial charge in [-0.25, -0.2) is 9.69 Å². The van der Waals surface area contributed by atoms with Crippen LogP contribution in [0.3, 0.4) is 0 Å². The van der Waals surface area contributed by atoms with Gasteiger partial charge in [-0.15, -0.1) is 24.9 Å². The highest BCUT2D eigenvalue weighted by Gasteiger charge is 2.41. The van der Waals surface area contributed by atoms with Crippen molar-refractivity contribution in [2.45, 2.75) is 196 Å². The molecule has 0 aliphatic rings. The highest BCUT2D eigenvalue weighted by Crippen LogP contribution is 2.41. The molecule has 4 atom stereocenters. The number of halogens is 5. The Bertz CT molecular complexity index is 2760. The minimum absolute atomic E-state index is 0.0414. The maximum atomic E-state index is 10.2. The number of unbranched alkanes of at least 4 members (excludes halogenated alkanes) is 10. The van der Waals surface area contributed by atoms with E-state index in [1.807, 2.05) is 68.4 Å². The van der Waals surface area contributed by atoms with Crippen LogP contribution in [0.25, 0.3) is 32.6 Å². The summed E-state index contributed by atoms with van der Waals surface area (Å²) in [5, 5.41) is 34.6. The first-order chi connectivity index (χ1) is 37.6. The number of aromatic nitrogens is 4. The fourth-order valence-electron chi connectivity index (χ4n) is 7.49. The zero-order valence-corrected chi connectivity index (χ0v) is 54.2. The summed E-state index contributed by atoms with van der Waals surface area (Å²) < 4.78 is 29.5. The second-order valence-corrected chi connectivity index (χ2v) is 28.0. The zero-order valence-electron chi connectivity index (χ0n) is 48.5. The standard InChI is InChI=1S/C25H30BrClN4O2Si.C19H16BrClN4O2.2C8H18.FH2N/c1-15-19(13-14-20(28-6)21(15)27)29-22(16(2)33-34(7,8)25(3,4)5)24-31-30-23(32-24)17-9-11-18(26)12-10-17;1-10-14(8-9-15(22-3)16(10)21)23-17(11(2)26)19-25-24-18(27-19)12-4-6-13(20)7-5-12;2*1-3-5-7-8-6-4-2;1-2/h9-14,16,22,29H,1-5,7-8H3;4-9,11,17,23,26H,1-2H3;2*3-8H2,1-2H3;2H2/t16-,22+;11-,17+;;;/m00.../s1. The van der Waals surface area contributed by atoms with E-state index >= 15 is 0 Å². The number of nitrogens with zero attached hydrogens (tertiary/aromatic N) is 6. The molecule has 79 heavy (non-hydrogen) atoms. The summed E-state index contributed by atoms with van der Waals surface area (Å²) in [6, 6.07) is 21.1. The lowest BCUT2D eigenvalue weighted by Crippen LogP contribution is -2.45. The Morgan fingerprint density at radius 2 is 0.962 bits per heavy atom. The number of nitrogens with one attached hydrogen (secondary N) is 2. The monoisotopic (exact) mass is 1270 g/mol. The van der Waals surface area contributed by atoms with Crippen molar-refractivity contribution in [2.75, 3.05) is 10.6 Å². The van der Waals surface area contributed by atoms with Crippen molar-refractivity contribution in [1.29, 1.82) is 0 Å². The Morgan fingerprint density at radius 1 is 0.620 bits per heavy atom. The summed E-state index contributed by atoms with van der Waals surface area (Å²) in [4.78, 5) is 6.87. The van der Waals surface area contributed by atoms with Crippen molar-refractivity contribution < 1.29 is 22.8 Å². The molecule has 0 aliphatic carbocycles. The first-order valence-corrected chi connectivity index (χ1v) is 32.4. The van der Waals surface area contributed by atoms with E-state index in [0.29, 0.717) is 50.3 Å². The number of aliphatic hydroxyl groups excluding tert-OH is 1. The van der Waals surface area contributed by atoms with E-state index in [4.69, 9.17) is 54.1 Å². The molecule has 19 heteroatoms. The van der Waals surface area contributed by atoms with Gasteiger partial charge in [0.15, 0.2) is 8.32 Å². The lowest BCUT2D eigenvalue weighted by molar-refractivity contribution is 0.159. The fourth-order valence-corrected chi connectivity index (χ4v) is 9.85. The molecule has 0 aliphatic heterocycles. The van der Waals surface area contributed by atoms with Crippen molar-refractivity contribution >= 4 is 86.1 Å². The van der Waals surface area contributed by atoms with Gasteiger partial charge < -0.3 is 29.0 Å². The van der Waals surface area contributed by atoms with Crippen LogP contribution < -0.4 is 16.6 Å². The van der Waals surface area contributed by atoms with Gasteiger partial charge in [0.2, 0.25) is 34.9 Å². The molecule has 6 aromatic rings. The predicted molar refractivity (Wildman–Crippen MR) is 335 cm³/mol. The molecule has 0 saturated carbocycles. The van der Waals surface area contributed by atoms with E-state index < -0.39 is 26.5 Å². The number of hydrogen-bond acceptors (Lipinski definition) is 11. The number of benzene rings is 4. The summed E-state index contributed by atoms with van der Waals surface area (Å²) in [5.74, 6) is 4.48. The molecular weight excluding hydrogens is 1190 g/mol. The quantitative estimate of drug-likeness (QED) is 0.0221. The molecule has 0 radical (unpaired) electrons. The number of hydrogen-bond donors (Lipinski definition) is 4. The maximum Gasteiger partial charge on any atom is 0.247 e. The van der Waals surface area contributed by atoms with E-state index in [1.165, 1.54) is 77.0 Å². The number of aliphatic hydroxyl groups is 1. The summed E-state index contributed by atoms with van der Waals surface area (Å²) >= 11 is 19.5. The molecule has 432 valence electrons. The van der Waals surface area contributed by atoms with Crippen molar-refractivity contribution in [3.05, 3.63) is 138 Å². The molecule has 6 rings (SSSR count). The summed E-state index contributed by atoms with van der Waals surface area (Å²) in [5.41, 5.74) is 5.38. The number of nitrogens with two attached hydrogens (primary N) is 1. The number of rotatable bonds is 22. The number of anilines is 2.